The fraction of sp³-hybridized carbons (Fsp3) is 0.250. The third kappa shape index (κ3) is 2.04. The molecule has 0 fully saturated rings. The number of rotatable bonds is 2. The van der Waals surface area contributed by atoms with E-state index in [0.717, 1.165) is 11.4 Å². The highest BCUT2D eigenvalue weighted by Gasteiger charge is 1.94. The van der Waals surface area contributed by atoms with Gasteiger partial charge in [-0.25, -0.2) is 0 Å². The van der Waals surface area contributed by atoms with Crippen molar-refractivity contribution in [1.82, 2.24) is 10.4 Å². The molecule has 0 saturated carbocycles. The number of hydrazone groups is 1. The summed E-state index contributed by atoms with van der Waals surface area (Å²) in [4.78, 5) is 4.13. The first-order valence-corrected chi connectivity index (χ1v) is 3.47. The van der Waals surface area contributed by atoms with E-state index >= 15 is 0 Å². The molecule has 1 aromatic rings. The van der Waals surface area contributed by atoms with Crippen molar-refractivity contribution < 1.29 is 0 Å². The molecule has 0 bridgehead atoms. The molecular weight excluding hydrogens is 138 g/mol. The van der Waals surface area contributed by atoms with Gasteiger partial charge < -0.3 is 5.43 Å². The number of hydrogen-bond acceptors (Lipinski definition) is 3. The fourth-order valence-corrected chi connectivity index (χ4v) is 0.802. The molecule has 0 aromatic carbocycles. The smallest absolute Gasteiger partial charge is 0.0859 e. The van der Waals surface area contributed by atoms with Gasteiger partial charge in [0, 0.05) is 13.2 Å². The summed E-state index contributed by atoms with van der Waals surface area (Å²) in [6.07, 6.45) is 1.75. The summed E-state index contributed by atoms with van der Waals surface area (Å²) in [5.41, 5.74) is 4.51. The van der Waals surface area contributed by atoms with E-state index in [4.69, 9.17) is 0 Å². The average Bonchev–Trinajstić information content (AvgIpc) is 2.07. The van der Waals surface area contributed by atoms with Crippen LogP contribution < -0.4 is 5.43 Å². The second-order valence-electron chi connectivity index (χ2n) is 2.14. The summed E-state index contributed by atoms with van der Waals surface area (Å²) >= 11 is 0. The van der Waals surface area contributed by atoms with E-state index in [1.54, 1.807) is 13.2 Å². The summed E-state index contributed by atoms with van der Waals surface area (Å²) in [5, 5.41) is 4.00. The average molecular weight is 149 g/mol. The number of nitrogens with zero attached hydrogens (tertiary/aromatic N) is 2. The van der Waals surface area contributed by atoms with Gasteiger partial charge in [-0.2, -0.15) is 5.10 Å². The number of pyridine rings is 1. The van der Waals surface area contributed by atoms with Crippen molar-refractivity contribution in [3.05, 3.63) is 30.1 Å². The van der Waals surface area contributed by atoms with Crippen molar-refractivity contribution in [3.63, 3.8) is 0 Å². The number of hydrogen-bond donors (Lipinski definition) is 1. The second kappa shape index (κ2) is 3.71. The molecule has 0 unspecified atom stereocenters. The fourth-order valence-electron chi connectivity index (χ4n) is 0.802. The second-order valence-corrected chi connectivity index (χ2v) is 2.14. The highest BCUT2D eigenvalue weighted by molar-refractivity contribution is 5.96. The van der Waals surface area contributed by atoms with Gasteiger partial charge in [0.15, 0.2) is 0 Å². The first-order valence-electron chi connectivity index (χ1n) is 3.47. The van der Waals surface area contributed by atoms with Crippen LogP contribution in [-0.2, 0) is 0 Å². The molecule has 1 rings (SSSR count). The summed E-state index contributed by atoms with van der Waals surface area (Å²) < 4.78 is 0. The Kier molecular flexibility index (Phi) is 2.60. The van der Waals surface area contributed by atoms with E-state index < -0.39 is 0 Å². The Balaban J connectivity index is 2.85. The summed E-state index contributed by atoms with van der Waals surface area (Å²) in [6, 6.07) is 5.75. The SMILES string of the molecule is CNN=C(C)c1ccccn1. The predicted octanol–water partition coefficient (Wildman–Crippen LogP) is 1.02. The molecule has 0 aliphatic carbocycles. The Morgan fingerprint density at radius 1 is 1.55 bits per heavy atom. The van der Waals surface area contributed by atoms with E-state index in [-0.39, 0.29) is 0 Å². The topological polar surface area (TPSA) is 37.3 Å². The minimum atomic E-state index is 0.896. The minimum absolute atomic E-state index is 0.896. The Bertz CT molecular complexity index is 241. The van der Waals surface area contributed by atoms with Crippen LogP contribution in [0.25, 0.3) is 0 Å². The maximum absolute atomic E-state index is 4.13. The van der Waals surface area contributed by atoms with Crippen molar-refractivity contribution in [2.45, 2.75) is 6.92 Å². The van der Waals surface area contributed by atoms with Crippen LogP contribution in [0, 0.1) is 0 Å². The third-order valence-corrected chi connectivity index (χ3v) is 1.32. The molecule has 58 valence electrons. The van der Waals surface area contributed by atoms with Gasteiger partial charge in [-0.1, -0.05) is 6.07 Å². The largest absolute Gasteiger partial charge is 0.313 e. The van der Waals surface area contributed by atoms with Crippen molar-refractivity contribution in [2.24, 2.45) is 5.10 Å². The molecule has 0 saturated heterocycles. The summed E-state index contributed by atoms with van der Waals surface area (Å²) in [6.45, 7) is 1.92. The van der Waals surface area contributed by atoms with Crippen molar-refractivity contribution in [1.29, 1.82) is 0 Å². The molecule has 0 aliphatic rings. The summed E-state index contributed by atoms with van der Waals surface area (Å²) in [7, 11) is 1.77. The lowest BCUT2D eigenvalue weighted by Crippen LogP contribution is -2.04. The van der Waals surface area contributed by atoms with Crippen LogP contribution in [0.4, 0.5) is 0 Å². The Morgan fingerprint density at radius 2 is 2.36 bits per heavy atom. The number of nitrogens with one attached hydrogen (secondary N) is 1. The van der Waals surface area contributed by atoms with Gasteiger partial charge in [0.1, 0.15) is 0 Å². The molecule has 11 heavy (non-hydrogen) atoms. The molecule has 0 aliphatic heterocycles. The van der Waals surface area contributed by atoms with E-state index in [2.05, 4.69) is 15.5 Å². The van der Waals surface area contributed by atoms with Gasteiger partial charge in [0.2, 0.25) is 0 Å². The van der Waals surface area contributed by atoms with E-state index in [9.17, 15) is 0 Å². The summed E-state index contributed by atoms with van der Waals surface area (Å²) in [5.74, 6) is 0. The van der Waals surface area contributed by atoms with Crippen LogP contribution in [0.2, 0.25) is 0 Å². The van der Waals surface area contributed by atoms with Crippen molar-refractivity contribution in [3.8, 4) is 0 Å². The maximum Gasteiger partial charge on any atom is 0.0859 e. The zero-order valence-electron chi connectivity index (χ0n) is 6.70. The highest BCUT2D eigenvalue weighted by atomic mass is 15.3. The van der Waals surface area contributed by atoms with Gasteiger partial charge in [-0.15, -0.1) is 0 Å². The van der Waals surface area contributed by atoms with Gasteiger partial charge >= 0.3 is 0 Å². The maximum atomic E-state index is 4.13. The first-order chi connectivity index (χ1) is 5.34. The van der Waals surface area contributed by atoms with E-state index in [0.29, 0.717) is 0 Å². The lowest BCUT2D eigenvalue weighted by Gasteiger charge is -1.96. The van der Waals surface area contributed by atoms with Gasteiger partial charge in [-0.3, -0.25) is 4.98 Å². The van der Waals surface area contributed by atoms with Crippen LogP contribution in [0.15, 0.2) is 29.5 Å². The van der Waals surface area contributed by atoms with Gasteiger partial charge in [0.05, 0.1) is 11.4 Å². The molecule has 3 heteroatoms. The van der Waals surface area contributed by atoms with Crippen LogP contribution in [-0.4, -0.2) is 17.7 Å². The van der Waals surface area contributed by atoms with Crippen LogP contribution in [0.5, 0.6) is 0 Å². The Hall–Kier alpha value is -1.38. The molecule has 0 amide bonds. The van der Waals surface area contributed by atoms with E-state index in [1.807, 2.05) is 25.1 Å². The third-order valence-electron chi connectivity index (χ3n) is 1.32. The van der Waals surface area contributed by atoms with E-state index in [1.165, 1.54) is 0 Å². The van der Waals surface area contributed by atoms with Crippen LogP contribution >= 0.6 is 0 Å². The molecule has 0 radical (unpaired) electrons. The predicted molar refractivity (Wildman–Crippen MR) is 45.5 cm³/mol. The van der Waals surface area contributed by atoms with Gasteiger partial charge in [-0.05, 0) is 19.1 Å². The monoisotopic (exact) mass is 149 g/mol. The lowest BCUT2D eigenvalue weighted by molar-refractivity contribution is 0.898. The van der Waals surface area contributed by atoms with Crippen LogP contribution in [0.1, 0.15) is 12.6 Å². The quantitative estimate of drug-likeness (QED) is 0.503. The molecular formula is C8H11N3. The van der Waals surface area contributed by atoms with Gasteiger partial charge in [0.25, 0.3) is 0 Å². The Labute approximate surface area is 66.2 Å². The molecule has 1 heterocycles. The lowest BCUT2D eigenvalue weighted by atomic mass is 10.3. The first kappa shape index (κ1) is 7.72. The highest BCUT2D eigenvalue weighted by Crippen LogP contribution is 1.94. The molecule has 0 atom stereocenters. The minimum Gasteiger partial charge on any atom is -0.313 e. The molecule has 1 aromatic heterocycles. The Morgan fingerprint density at radius 3 is 2.91 bits per heavy atom. The number of aromatic nitrogens is 1. The van der Waals surface area contributed by atoms with Crippen molar-refractivity contribution in [2.75, 3.05) is 7.05 Å². The standard InChI is InChI=1S/C8H11N3/c1-7(11-9-2)8-5-3-4-6-10-8/h3-6,9H,1-2H3. The molecule has 1 N–H and O–H groups in total. The normalized spacial score (nSPS) is 11.3. The van der Waals surface area contributed by atoms with Crippen LogP contribution in [0.3, 0.4) is 0 Å². The molecule has 3 nitrogen and oxygen atoms in total. The zero-order chi connectivity index (χ0) is 8.10. The zero-order valence-corrected chi connectivity index (χ0v) is 6.70. The molecule has 0 spiro atoms. The van der Waals surface area contributed by atoms with Crippen molar-refractivity contribution >= 4 is 5.71 Å².